The number of hydroxylamine groups is 1. The van der Waals surface area contributed by atoms with Gasteiger partial charge in [0.15, 0.2) is 0 Å². The van der Waals surface area contributed by atoms with Gasteiger partial charge in [-0.15, -0.1) is 0 Å². The summed E-state index contributed by atoms with van der Waals surface area (Å²) in [6, 6.07) is 3.61. The highest BCUT2D eigenvalue weighted by Gasteiger charge is 2.10. The molecular formula is C11H15FN2O2. The van der Waals surface area contributed by atoms with Crippen molar-refractivity contribution in [1.82, 2.24) is 5.48 Å². The number of benzene rings is 1. The summed E-state index contributed by atoms with van der Waals surface area (Å²) in [5.74, 6) is -0.758. The Morgan fingerprint density at radius 3 is 2.88 bits per heavy atom. The minimum absolute atomic E-state index is 0.0729. The third-order valence-corrected chi connectivity index (χ3v) is 1.84. The minimum Gasteiger partial charge on any atom is -0.398 e. The number of halogens is 1. The van der Waals surface area contributed by atoms with E-state index in [-0.39, 0.29) is 11.3 Å². The van der Waals surface area contributed by atoms with E-state index in [4.69, 9.17) is 10.6 Å². The van der Waals surface area contributed by atoms with Gasteiger partial charge in [0.1, 0.15) is 5.82 Å². The van der Waals surface area contributed by atoms with Crippen molar-refractivity contribution in [3.8, 4) is 0 Å². The smallest absolute Gasteiger partial charge is 0.277 e. The molecule has 3 N–H and O–H groups in total. The van der Waals surface area contributed by atoms with E-state index < -0.39 is 11.7 Å². The Bertz CT molecular complexity index is 380. The van der Waals surface area contributed by atoms with Crippen molar-refractivity contribution in [2.75, 3.05) is 12.3 Å². The minimum atomic E-state index is -0.544. The molecule has 1 rings (SSSR count). The average Bonchev–Trinajstić information content (AvgIpc) is 2.21. The zero-order valence-electron chi connectivity index (χ0n) is 9.29. The van der Waals surface area contributed by atoms with Crippen LogP contribution in [0, 0.1) is 11.7 Å². The molecule has 0 bridgehead atoms. The van der Waals surface area contributed by atoms with E-state index in [2.05, 4.69) is 5.48 Å². The van der Waals surface area contributed by atoms with Gasteiger partial charge in [-0.05, 0) is 24.1 Å². The maximum Gasteiger partial charge on any atom is 0.277 e. The Morgan fingerprint density at radius 2 is 2.25 bits per heavy atom. The predicted molar refractivity (Wildman–Crippen MR) is 59.1 cm³/mol. The molecule has 88 valence electrons. The van der Waals surface area contributed by atoms with Crippen molar-refractivity contribution in [1.29, 1.82) is 0 Å². The molecule has 1 aromatic carbocycles. The average molecular weight is 226 g/mol. The Hall–Kier alpha value is -1.62. The molecule has 1 aromatic rings. The number of nitrogens with two attached hydrogens (primary N) is 1. The fourth-order valence-corrected chi connectivity index (χ4v) is 1.05. The Morgan fingerprint density at radius 1 is 1.56 bits per heavy atom. The van der Waals surface area contributed by atoms with Crippen LogP contribution in [0.15, 0.2) is 18.2 Å². The summed E-state index contributed by atoms with van der Waals surface area (Å²) in [5.41, 5.74) is 8.04. The number of rotatable bonds is 4. The van der Waals surface area contributed by atoms with Crippen LogP contribution in [0.2, 0.25) is 0 Å². The molecule has 0 saturated heterocycles. The van der Waals surface area contributed by atoms with E-state index >= 15 is 0 Å². The number of anilines is 1. The first-order valence-electron chi connectivity index (χ1n) is 4.98. The van der Waals surface area contributed by atoms with Crippen LogP contribution in [0.3, 0.4) is 0 Å². The standard InChI is InChI=1S/C11H15FN2O2/c1-7(2)6-16-14-11(15)9-5-8(12)3-4-10(9)13/h3-5,7H,6,13H2,1-2H3,(H,14,15). The van der Waals surface area contributed by atoms with Gasteiger partial charge in [-0.3, -0.25) is 9.63 Å². The highest BCUT2D eigenvalue weighted by atomic mass is 19.1. The van der Waals surface area contributed by atoms with Crippen LogP contribution in [0.5, 0.6) is 0 Å². The van der Waals surface area contributed by atoms with Crippen LogP contribution in [0.1, 0.15) is 24.2 Å². The van der Waals surface area contributed by atoms with E-state index in [1.165, 1.54) is 12.1 Å². The molecule has 4 nitrogen and oxygen atoms in total. The summed E-state index contributed by atoms with van der Waals surface area (Å²) in [7, 11) is 0. The first-order valence-corrected chi connectivity index (χ1v) is 4.98. The number of nitrogen functional groups attached to an aromatic ring is 1. The van der Waals surface area contributed by atoms with E-state index in [9.17, 15) is 9.18 Å². The quantitative estimate of drug-likeness (QED) is 0.607. The summed E-state index contributed by atoms with van der Waals surface area (Å²) < 4.78 is 12.9. The van der Waals surface area contributed by atoms with Crippen molar-refractivity contribution < 1.29 is 14.0 Å². The SMILES string of the molecule is CC(C)CONC(=O)c1cc(F)ccc1N. The number of amides is 1. The Kier molecular flexibility index (Phi) is 4.25. The third-order valence-electron chi connectivity index (χ3n) is 1.84. The van der Waals surface area contributed by atoms with Crippen molar-refractivity contribution >= 4 is 11.6 Å². The number of carbonyl (C=O) groups is 1. The zero-order valence-corrected chi connectivity index (χ0v) is 9.29. The Balaban J connectivity index is 2.62. The molecule has 1 amide bonds. The van der Waals surface area contributed by atoms with Gasteiger partial charge in [0, 0.05) is 5.69 Å². The molecular weight excluding hydrogens is 211 g/mol. The van der Waals surface area contributed by atoms with E-state index in [1.807, 2.05) is 13.8 Å². The first kappa shape index (κ1) is 12.4. The molecule has 0 fully saturated rings. The molecule has 0 aliphatic heterocycles. The van der Waals surface area contributed by atoms with E-state index in [0.29, 0.717) is 12.5 Å². The molecule has 0 aromatic heterocycles. The number of hydrogen-bond acceptors (Lipinski definition) is 3. The Labute approximate surface area is 93.5 Å². The molecule has 0 unspecified atom stereocenters. The molecule has 0 saturated carbocycles. The lowest BCUT2D eigenvalue weighted by molar-refractivity contribution is 0.0209. The van der Waals surface area contributed by atoms with Gasteiger partial charge >= 0.3 is 0 Å². The van der Waals surface area contributed by atoms with Crippen LogP contribution in [-0.2, 0) is 4.84 Å². The van der Waals surface area contributed by atoms with Gasteiger partial charge in [0.2, 0.25) is 0 Å². The van der Waals surface area contributed by atoms with Crippen LogP contribution >= 0.6 is 0 Å². The third kappa shape index (κ3) is 3.51. The monoisotopic (exact) mass is 226 g/mol. The van der Waals surface area contributed by atoms with Crippen LogP contribution < -0.4 is 11.2 Å². The van der Waals surface area contributed by atoms with Gasteiger partial charge in [0.05, 0.1) is 12.2 Å². The molecule has 16 heavy (non-hydrogen) atoms. The second-order valence-corrected chi connectivity index (χ2v) is 3.87. The molecule has 0 atom stereocenters. The molecule has 0 spiro atoms. The van der Waals surface area contributed by atoms with E-state index in [1.54, 1.807) is 0 Å². The van der Waals surface area contributed by atoms with Crippen molar-refractivity contribution in [2.45, 2.75) is 13.8 Å². The lowest BCUT2D eigenvalue weighted by Gasteiger charge is -2.09. The summed E-state index contributed by atoms with van der Waals surface area (Å²) >= 11 is 0. The van der Waals surface area contributed by atoms with Crippen molar-refractivity contribution in [3.05, 3.63) is 29.6 Å². The normalized spacial score (nSPS) is 10.5. The molecule has 0 aliphatic carbocycles. The van der Waals surface area contributed by atoms with E-state index in [0.717, 1.165) is 6.07 Å². The van der Waals surface area contributed by atoms with Gasteiger partial charge < -0.3 is 5.73 Å². The van der Waals surface area contributed by atoms with Crippen molar-refractivity contribution in [3.63, 3.8) is 0 Å². The first-order chi connectivity index (χ1) is 7.50. The molecule has 0 heterocycles. The largest absolute Gasteiger partial charge is 0.398 e. The molecule has 5 heteroatoms. The van der Waals surface area contributed by atoms with Gasteiger partial charge in [0.25, 0.3) is 5.91 Å². The van der Waals surface area contributed by atoms with Crippen LogP contribution in [-0.4, -0.2) is 12.5 Å². The summed E-state index contributed by atoms with van der Waals surface area (Å²) in [6.45, 7) is 4.28. The van der Waals surface area contributed by atoms with Crippen molar-refractivity contribution in [2.24, 2.45) is 5.92 Å². The van der Waals surface area contributed by atoms with Gasteiger partial charge in [-0.1, -0.05) is 13.8 Å². The second kappa shape index (κ2) is 5.46. The number of nitrogens with one attached hydrogen (secondary N) is 1. The van der Waals surface area contributed by atoms with Gasteiger partial charge in [-0.25, -0.2) is 9.87 Å². The zero-order chi connectivity index (χ0) is 12.1. The maximum absolute atomic E-state index is 12.9. The van der Waals surface area contributed by atoms with Crippen LogP contribution in [0.4, 0.5) is 10.1 Å². The lowest BCUT2D eigenvalue weighted by Crippen LogP contribution is -2.26. The fourth-order valence-electron chi connectivity index (χ4n) is 1.05. The number of hydrogen-bond donors (Lipinski definition) is 2. The highest BCUT2D eigenvalue weighted by Crippen LogP contribution is 2.12. The molecule has 0 radical (unpaired) electrons. The van der Waals surface area contributed by atoms with Gasteiger partial charge in [-0.2, -0.15) is 0 Å². The van der Waals surface area contributed by atoms with Crippen LogP contribution in [0.25, 0.3) is 0 Å². The summed E-state index contributed by atoms with van der Waals surface area (Å²) in [4.78, 5) is 16.4. The highest BCUT2D eigenvalue weighted by molar-refractivity contribution is 5.98. The summed E-state index contributed by atoms with van der Waals surface area (Å²) in [6.07, 6.45) is 0. The fraction of sp³-hybridized carbons (Fsp3) is 0.364. The number of carbonyl (C=O) groups excluding carboxylic acids is 1. The summed E-state index contributed by atoms with van der Waals surface area (Å²) in [5, 5.41) is 0. The topological polar surface area (TPSA) is 64.3 Å². The maximum atomic E-state index is 12.9. The molecule has 0 aliphatic rings. The lowest BCUT2D eigenvalue weighted by atomic mass is 10.1. The second-order valence-electron chi connectivity index (χ2n) is 3.87. The predicted octanol–water partition coefficient (Wildman–Crippen LogP) is 1.73.